The Hall–Kier alpha value is -1.74. The van der Waals surface area contributed by atoms with Crippen LogP contribution in [-0.2, 0) is 10.9 Å². The van der Waals surface area contributed by atoms with Crippen molar-refractivity contribution >= 4 is 0 Å². The summed E-state index contributed by atoms with van der Waals surface area (Å²) in [5, 5.41) is 8.64. The Morgan fingerprint density at radius 3 is 2.50 bits per heavy atom. The number of rotatable bonds is 6. The van der Waals surface area contributed by atoms with E-state index in [9.17, 15) is 13.2 Å². The molecular formula is C14H16F3NO2. The Labute approximate surface area is 115 Å². The van der Waals surface area contributed by atoms with Crippen LogP contribution in [0.25, 0.3) is 0 Å². The quantitative estimate of drug-likeness (QED) is 0.750. The van der Waals surface area contributed by atoms with Crippen LogP contribution in [0.5, 0.6) is 5.75 Å². The van der Waals surface area contributed by atoms with Crippen LogP contribution in [0.1, 0.15) is 25.0 Å². The van der Waals surface area contributed by atoms with E-state index in [1.54, 1.807) is 6.07 Å². The van der Waals surface area contributed by atoms with Crippen LogP contribution >= 0.6 is 0 Å². The molecule has 0 heterocycles. The van der Waals surface area contributed by atoms with E-state index >= 15 is 0 Å². The van der Waals surface area contributed by atoms with Gasteiger partial charge in [-0.1, -0.05) is 13.8 Å². The molecule has 0 amide bonds. The van der Waals surface area contributed by atoms with Gasteiger partial charge in [0.1, 0.15) is 12.4 Å². The topological polar surface area (TPSA) is 42.2 Å². The molecule has 0 N–H and O–H groups in total. The Morgan fingerprint density at radius 2 is 1.95 bits per heavy atom. The molecule has 20 heavy (non-hydrogen) atoms. The molecule has 0 bridgehead atoms. The maximum atomic E-state index is 12.8. The molecule has 0 aliphatic carbocycles. The van der Waals surface area contributed by atoms with Crippen LogP contribution in [0.2, 0.25) is 0 Å². The maximum Gasteiger partial charge on any atom is 0.420 e. The van der Waals surface area contributed by atoms with Crippen molar-refractivity contribution in [2.24, 2.45) is 5.92 Å². The van der Waals surface area contributed by atoms with E-state index in [0.29, 0.717) is 12.5 Å². The molecule has 0 saturated carbocycles. The summed E-state index contributed by atoms with van der Waals surface area (Å²) in [4.78, 5) is 0. The highest BCUT2D eigenvalue weighted by Crippen LogP contribution is 2.36. The van der Waals surface area contributed by atoms with Crippen LogP contribution in [0.4, 0.5) is 13.2 Å². The van der Waals surface area contributed by atoms with E-state index in [2.05, 4.69) is 0 Å². The monoisotopic (exact) mass is 287 g/mol. The highest BCUT2D eigenvalue weighted by atomic mass is 19.4. The molecule has 110 valence electrons. The summed E-state index contributed by atoms with van der Waals surface area (Å²) >= 11 is 0. The minimum absolute atomic E-state index is 0.0295. The molecule has 1 rings (SSSR count). The van der Waals surface area contributed by atoms with Crippen molar-refractivity contribution in [1.29, 1.82) is 5.26 Å². The SMILES string of the molecule is CC(C)COCCOc1ccc(C#N)cc1C(F)(F)F. The standard InChI is InChI=1S/C14H16F3NO2/c1-10(2)9-19-5-6-20-13-4-3-11(8-18)7-12(13)14(15,16)17/h3-4,7,10H,5-6,9H2,1-2H3. The third kappa shape index (κ3) is 5.10. The van der Waals surface area contributed by atoms with Crippen molar-refractivity contribution in [2.75, 3.05) is 19.8 Å². The third-order valence-electron chi connectivity index (χ3n) is 2.35. The van der Waals surface area contributed by atoms with Crippen molar-refractivity contribution in [3.05, 3.63) is 29.3 Å². The average molecular weight is 287 g/mol. The molecular weight excluding hydrogens is 271 g/mol. The highest BCUT2D eigenvalue weighted by Gasteiger charge is 2.34. The predicted molar refractivity (Wildman–Crippen MR) is 67.3 cm³/mol. The number of hydrogen-bond acceptors (Lipinski definition) is 3. The molecule has 0 fully saturated rings. The molecule has 0 unspecified atom stereocenters. The number of nitrogens with zero attached hydrogens (tertiary/aromatic N) is 1. The highest BCUT2D eigenvalue weighted by molar-refractivity contribution is 5.43. The van der Waals surface area contributed by atoms with E-state index in [1.165, 1.54) is 6.07 Å². The van der Waals surface area contributed by atoms with Crippen molar-refractivity contribution < 1.29 is 22.6 Å². The summed E-state index contributed by atoms with van der Waals surface area (Å²) in [7, 11) is 0. The molecule has 0 atom stereocenters. The molecule has 0 spiro atoms. The lowest BCUT2D eigenvalue weighted by atomic mass is 10.1. The van der Waals surface area contributed by atoms with E-state index in [-0.39, 0.29) is 24.5 Å². The number of hydrogen-bond donors (Lipinski definition) is 0. The molecule has 0 saturated heterocycles. The Balaban J connectivity index is 2.68. The first-order chi connectivity index (χ1) is 9.34. The van der Waals surface area contributed by atoms with Gasteiger partial charge in [-0.05, 0) is 24.1 Å². The summed E-state index contributed by atoms with van der Waals surface area (Å²) in [5.41, 5.74) is -0.999. The van der Waals surface area contributed by atoms with Gasteiger partial charge >= 0.3 is 6.18 Å². The Morgan fingerprint density at radius 1 is 1.25 bits per heavy atom. The first-order valence-electron chi connectivity index (χ1n) is 6.16. The van der Waals surface area contributed by atoms with Crippen LogP contribution in [0.3, 0.4) is 0 Å². The Kier molecular flexibility index (Phi) is 5.83. The number of alkyl halides is 3. The number of ether oxygens (including phenoxy) is 2. The summed E-state index contributed by atoms with van der Waals surface area (Å²) in [6.07, 6.45) is -4.55. The van der Waals surface area contributed by atoms with Gasteiger partial charge < -0.3 is 9.47 Å². The van der Waals surface area contributed by atoms with Crippen LogP contribution < -0.4 is 4.74 Å². The lowest BCUT2D eigenvalue weighted by molar-refractivity contribution is -0.139. The van der Waals surface area contributed by atoms with Crippen LogP contribution in [0, 0.1) is 17.2 Å². The van der Waals surface area contributed by atoms with Gasteiger partial charge in [-0.3, -0.25) is 0 Å². The lowest BCUT2D eigenvalue weighted by Gasteiger charge is -2.14. The van der Waals surface area contributed by atoms with E-state index in [1.807, 2.05) is 13.8 Å². The normalized spacial score (nSPS) is 11.4. The lowest BCUT2D eigenvalue weighted by Crippen LogP contribution is -2.13. The van der Waals surface area contributed by atoms with Gasteiger partial charge in [0.2, 0.25) is 0 Å². The van der Waals surface area contributed by atoms with Gasteiger partial charge in [0.15, 0.2) is 0 Å². The van der Waals surface area contributed by atoms with Crippen molar-refractivity contribution in [3.8, 4) is 11.8 Å². The molecule has 1 aromatic carbocycles. The van der Waals surface area contributed by atoms with Gasteiger partial charge in [0.25, 0.3) is 0 Å². The second-order valence-corrected chi connectivity index (χ2v) is 4.64. The smallest absolute Gasteiger partial charge is 0.420 e. The molecule has 0 aliphatic rings. The zero-order valence-corrected chi connectivity index (χ0v) is 11.3. The van der Waals surface area contributed by atoms with Crippen molar-refractivity contribution in [2.45, 2.75) is 20.0 Å². The molecule has 0 aliphatic heterocycles. The molecule has 0 radical (unpaired) electrons. The van der Waals surface area contributed by atoms with E-state index < -0.39 is 11.7 Å². The largest absolute Gasteiger partial charge is 0.491 e. The average Bonchev–Trinajstić information content (AvgIpc) is 2.37. The molecule has 6 heteroatoms. The van der Waals surface area contributed by atoms with E-state index in [4.69, 9.17) is 14.7 Å². The Bertz CT molecular complexity index is 478. The van der Waals surface area contributed by atoms with Gasteiger partial charge in [0.05, 0.1) is 23.8 Å². The second kappa shape index (κ2) is 7.15. The fourth-order valence-corrected chi connectivity index (χ4v) is 1.48. The van der Waals surface area contributed by atoms with Gasteiger partial charge in [-0.15, -0.1) is 0 Å². The summed E-state index contributed by atoms with van der Waals surface area (Å²) in [5.74, 6) is 0.0697. The van der Waals surface area contributed by atoms with Gasteiger partial charge in [-0.2, -0.15) is 18.4 Å². The summed E-state index contributed by atoms with van der Waals surface area (Å²) < 4.78 is 48.8. The number of benzene rings is 1. The first kappa shape index (κ1) is 16.3. The fourth-order valence-electron chi connectivity index (χ4n) is 1.48. The third-order valence-corrected chi connectivity index (χ3v) is 2.35. The molecule has 0 aromatic heterocycles. The van der Waals surface area contributed by atoms with Gasteiger partial charge in [-0.25, -0.2) is 0 Å². The maximum absolute atomic E-state index is 12.8. The fraction of sp³-hybridized carbons (Fsp3) is 0.500. The zero-order chi connectivity index (χ0) is 15.2. The first-order valence-corrected chi connectivity index (χ1v) is 6.16. The van der Waals surface area contributed by atoms with Crippen LogP contribution in [-0.4, -0.2) is 19.8 Å². The molecule has 3 nitrogen and oxygen atoms in total. The second-order valence-electron chi connectivity index (χ2n) is 4.64. The summed E-state index contributed by atoms with van der Waals surface area (Å²) in [6, 6.07) is 4.91. The number of halogens is 3. The predicted octanol–water partition coefficient (Wildman–Crippen LogP) is 3.63. The minimum atomic E-state index is -4.55. The van der Waals surface area contributed by atoms with Crippen LogP contribution in [0.15, 0.2) is 18.2 Å². The minimum Gasteiger partial charge on any atom is -0.491 e. The van der Waals surface area contributed by atoms with Crippen molar-refractivity contribution in [3.63, 3.8) is 0 Å². The zero-order valence-electron chi connectivity index (χ0n) is 11.3. The number of nitriles is 1. The van der Waals surface area contributed by atoms with E-state index in [0.717, 1.165) is 12.1 Å². The van der Waals surface area contributed by atoms with Crippen molar-refractivity contribution in [1.82, 2.24) is 0 Å². The molecule has 1 aromatic rings. The summed E-state index contributed by atoms with van der Waals surface area (Å²) in [6.45, 7) is 4.73. The van der Waals surface area contributed by atoms with Gasteiger partial charge in [0, 0.05) is 6.61 Å².